The molecule has 0 bridgehead atoms. The van der Waals surface area contributed by atoms with E-state index in [0.717, 1.165) is 16.3 Å². The van der Waals surface area contributed by atoms with Crippen molar-refractivity contribution < 1.29 is 42.2 Å². The molecule has 15 nitrogen and oxygen atoms in total. The summed E-state index contributed by atoms with van der Waals surface area (Å²) in [6.45, 7) is 10.2. The molecule has 0 aliphatic carbocycles. The molecule has 4 aromatic carbocycles. The van der Waals surface area contributed by atoms with Crippen molar-refractivity contribution in [2.24, 2.45) is 0 Å². The van der Waals surface area contributed by atoms with Crippen molar-refractivity contribution in [1.82, 2.24) is 10.3 Å². The normalized spacial score (nSPS) is 12.3. The number of fused-ring (bicyclic) bond motifs is 1. The van der Waals surface area contributed by atoms with Crippen molar-refractivity contribution in [3.8, 4) is 23.0 Å². The Balaban J connectivity index is 1.25. The molecule has 0 aliphatic rings. The smallest absolute Gasteiger partial charge is 0.323 e. The van der Waals surface area contributed by atoms with Gasteiger partial charge in [-0.2, -0.15) is 0 Å². The van der Waals surface area contributed by atoms with E-state index in [2.05, 4.69) is 51.7 Å². The zero-order valence-corrected chi connectivity index (χ0v) is 36.0. The van der Waals surface area contributed by atoms with Gasteiger partial charge >= 0.3 is 6.03 Å². The zero-order chi connectivity index (χ0) is 43.2. The lowest BCUT2D eigenvalue weighted by atomic mass is 9.86. The highest BCUT2D eigenvalue weighted by molar-refractivity contribution is 7.85. The minimum absolute atomic E-state index is 0.242. The van der Waals surface area contributed by atoms with Crippen LogP contribution in [-0.2, 0) is 30.6 Å². The Bertz CT molecular complexity index is 2280. The Morgan fingerprint density at radius 3 is 2.22 bits per heavy atom. The first-order chi connectivity index (χ1) is 28.8. The molecular formula is C44H54N6O9S. The highest BCUT2D eigenvalue weighted by Crippen LogP contribution is 2.40. The van der Waals surface area contributed by atoms with Crippen LogP contribution in [-0.4, -0.2) is 87.8 Å². The first-order valence-corrected chi connectivity index (χ1v) is 20.8. The van der Waals surface area contributed by atoms with E-state index >= 15 is 0 Å². The molecule has 1 aromatic heterocycles. The number of rotatable bonds is 20. The molecule has 0 saturated heterocycles. The van der Waals surface area contributed by atoms with Crippen molar-refractivity contribution >= 4 is 62.3 Å². The Morgan fingerprint density at radius 1 is 0.783 bits per heavy atom. The van der Waals surface area contributed by atoms with Gasteiger partial charge in [0.1, 0.15) is 34.1 Å². The summed E-state index contributed by atoms with van der Waals surface area (Å²) in [4.78, 5) is 31.1. The second kappa shape index (κ2) is 21.4. The molecule has 2 atom stereocenters. The van der Waals surface area contributed by atoms with E-state index in [-0.39, 0.29) is 17.4 Å². The van der Waals surface area contributed by atoms with Crippen LogP contribution in [0.1, 0.15) is 43.6 Å². The number of carbonyl (C=O) groups excluding carboxylic acids is 2. The molecule has 5 aromatic rings. The lowest BCUT2D eigenvalue weighted by Gasteiger charge is -2.24. The summed E-state index contributed by atoms with van der Waals surface area (Å²) in [7, 11) is 3.25. The molecule has 3 amide bonds. The molecule has 16 heteroatoms. The van der Waals surface area contributed by atoms with Crippen LogP contribution < -0.4 is 40.2 Å². The topological polar surface area (TPSA) is 180 Å². The van der Waals surface area contributed by atoms with E-state index < -0.39 is 17.0 Å². The minimum Gasteiger partial charge on any atom is -0.496 e. The van der Waals surface area contributed by atoms with Gasteiger partial charge in [-0.3, -0.25) is 4.79 Å². The maximum atomic E-state index is 13.5. The van der Waals surface area contributed by atoms with E-state index in [1.807, 2.05) is 43.3 Å². The van der Waals surface area contributed by atoms with Crippen LogP contribution in [0.3, 0.4) is 0 Å². The summed E-state index contributed by atoms with van der Waals surface area (Å²) in [6.07, 6.45) is 3.15. The van der Waals surface area contributed by atoms with Gasteiger partial charge in [-0.15, -0.1) is 0 Å². The molecule has 5 N–H and O–H groups in total. The van der Waals surface area contributed by atoms with Crippen molar-refractivity contribution in [2.75, 3.05) is 81.3 Å². The van der Waals surface area contributed by atoms with Gasteiger partial charge in [0, 0.05) is 54.2 Å². The van der Waals surface area contributed by atoms with Crippen LogP contribution in [0.15, 0.2) is 85.1 Å². The van der Waals surface area contributed by atoms with Gasteiger partial charge in [0.2, 0.25) is 0 Å². The predicted molar refractivity (Wildman–Crippen MR) is 237 cm³/mol. The molecule has 0 spiro atoms. The summed E-state index contributed by atoms with van der Waals surface area (Å²) < 4.78 is 48.6. The lowest BCUT2D eigenvalue weighted by molar-refractivity contribution is 0.0204. The number of hydrogen-bond donors (Lipinski definition) is 5. The molecule has 0 fully saturated rings. The summed E-state index contributed by atoms with van der Waals surface area (Å²) >= 11 is 0. The van der Waals surface area contributed by atoms with Crippen LogP contribution in [0.5, 0.6) is 23.0 Å². The third-order valence-electron chi connectivity index (χ3n) is 9.02. The summed E-state index contributed by atoms with van der Waals surface area (Å²) in [5.41, 5.74) is 3.15. The standard InChI is InChI=1S/C44H54N6O9S/c1-28(27-58-22-21-57-20-19-54-5)46-42(51)34-14-13-30(25-39(34)55-6)47-40-26-31(17-18-45-40)59-38-16-15-35(32-11-9-10-12-33(32)38)48-43(52)49-36-23-29(44(2,3)4)24-37(41(36)56-7)50-60(8)53/h9-18,23-26,28,50H,19-22,27H2,1-8H3,(H,45,47)(H,46,51)(H2,48,49,52)/t28-,60?/m1/s1. The summed E-state index contributed by atoms with van der Waals surface area (Å²) in [6, 6.07) is 22.8. The first-order valence-electron chi connectivity index (χ1n) is 19.3. The average Bonchev–Trinajstić information content (AvgIpc) is 3.20. The Labute approximate surface area is 353 Å². The number of hydrogen-bond acceptors (Lipinski definition) is 11. The molecule has 0 saturated carbocycles. The van der Waals surface area contributed by atoms with Gasteiger partial charge < -0.3 is 54.4 Å². The van der Waals surface area contributed by atoms with Gasteiger partial charge in [0.15, 0.2) is 5.75 Å². The number of benzene rings is 4. The van der Waals surface area contributed by atoms with Gasteiger partial charge in [0.05, 0.1) is 69.9 Å². The van der Waals surface area contributed by atoms with Crippen LogP contribution in [0.25, 0.3) is 10.8 Å². The fourth-order valence-electron chi connectivity index (χ4n) is 6.09. The Morgan fingerprint density at radius 2 is 1.50 bits per heavy atom. The van der Waals surface area contributed by atoms with E-state index in [0.29, 0.717) is 90.2 Å². The number of aromatic nitrogens is 1. The number of urea groups is 1. The number of nitrogens with one attached hydrogen (secondary N) is 5. The van der Waals surface area contributed by atoms with Crippen molar-refractivity contribution in [2.45, 2.75) is 39.2 Å². The van der Waals surface area contributed by atoms with Crippen molar-refractivity contribution in [3.05, 3.63) is 96.2 Å². The molecule has 1 heterocycles. The van der Waals surface area contributed by atoms with Gasteiger partial charge in [-0.25, -0.2) is 14.0 Å². The fourth-order valence-corrected chi connectivity index (χ4v) is 6.55. The summed E-state index contributed by atoms with van der Waals surface area (Å²) in [5.74, 6) is 2.02. The fraction of sp³-hybridized carbons (Fsp3) is 0.341. The van der Waals surface area contributed by atoms with Crippen molar-refractivity contribution in [1.29, 1.82) is 0 Å². The highest BCUT2D eigenvalue weighted by atomic mass is 32.2. The second-order valence-electron chi connectivity index (χ2n) is 14.7. The number of amides is 3. The molecule has 0 radical (unpaired) electrons. The molecule has 5 rings (SSSR count). The maximum absolute atomic E-state index is 13.5. The second-order valence-corrected chi connectivity index (χ2v) is 15.8. The number of ether oxygens (including phenoxy) is 6. The largest absolute Gasteiger partial charge is 0.496 e. The molecule has 1 unspecified atom stereocenters. The summed E-state index contributed by atoms with van der Waals surface area (Å²) in [5, 5.41) is 13.6. The molecule has 320 valence electrons. The van der Waals surface area contributed by atoms with E-state index in [9.17, 15) is 13.8 Å². The van der Waals surface area contributed by atoms with Crippen LogP contribution in [0.4, 0.5) is 33.4 Å². The van der Waals surface area contributed by atoms with Crippen LogP contribution in [0.2, 0.25) is 0 Å². The van der Waals surface area contributed by atoms with E-state index in [1.165, 1.54) is 20.5 Å². The predicted octanol–water partition coefficient (Wildman–Crippen LogP) is 8.23. The lowest BCUT2D eigenvalue weighted by Crippen LogP contribution is -2.36. The van der Waals surface area contributed by atoms with Gasteiger partial charge in [-0.1, -0.05) is 45.0 Å². The number of methoxy groups -OCH3 is 3. The maximum Gasteiger partial charge on any atom is 0.323 e. The zero-order valence-electron chi connectivity index (χ0n) is 35.2. The molecular weight excluding hydrogens is 789 g/mol. The Hall–Kier alpha value is -5.94. The van der Waals surface area contributed by atoms with Crippen LogP contribution in [0, 0.1) is 0 Å². The van der Waals surface area contributed by atoms with Crippen molar-refractivity contribution in [3.63, 3.8) is 0 Å². The average molecular weight is 843 g/mol. The van der Waals surface area contributed by atoms with E-state index in [1.54, 1.807) is 55.8 Å². The monoisotopic (exact) mass is 842 g/mol. The third kappa shape index (κ3) is 12.5. The molecule has 60 heavy (non-hydrogen) atoms. The highest BCUT2D eigenvalue weighted by Gasteiger charge is 2.22. The minimum atomic E-state index is -1.37. The van der Waals surface area contributed by atoms with Gasteiger partial charge in [0.25, 0.3) is 5.91 Å². The molecule has 0 aliphatic heterocycles. The Kier molecular flexibility index (Phi) is 16.1. The van der Waals surface area contributed by atoms with Gasteiger partial charge in [-0.05, 0) is 60.4 Å². The van der Waals surface area contributed by atoms with Crippen LogP contribution >= 0.6 is 0 Å². The number of carbonyl (C=O) groups is 2. The number of pyridine rings is 1. The SMILES string of the molecule is COCCOCCOC[C@@H](C)NC(=O)c1ccc(Nc2cc(Oc3ccc(NC(=O)Nc4cc(C(C)(C)C)cc(NS(C)=O)c4OC)c4ccccc34)ccn2)cc1OC. The number of nitrogens with zero attached hydrogens (tertiary/aromatic N) is 1. The number of anilines is 5. The third-order valence-corrected chi connectivity index (χ3v) is 9.53. The quantitative estimate of drug-likeness (QED) is 0.0477. The first kappa shape index (κ1) is 45.1. The van der Waals surface area contributed by atoms with E-state index in [4.69, 9.17) is 28.4 Å².